The maximum Gasteiger partial charge on any atom is 0.339 e. The number of hydrogen-bond acceptors (Lipinski definition) is 7. The molecule has 0 heterocycles. The number of benzene rings is 2. The molecule has 0 bridgehead atoms. The molecule has 3 atom stereocenters. The highest BCUT2D eigenvalue weighted by molar-refractivity contribution is 6.04. The zero-order valence-corrected chi connectivity index (χ0v) is 21.8. The number of esters is 3. The van der Waals surface area contributed by atoms with E-state index < -0.39 is 30.4 Å². The molecule has 1 N–H and O–H groups in total. The Morgan fingerprint density at radius 1 is 0.892 bits per heavy atom. The van der Waals surface area contributed by atoms with Crippen molar-refractivity contribution in [2.24, 2.45) is 17.8 Å². The Hall–Kier alpha value is -3.68. The van der Waals surface area contributed by atoms with E-state index in [2.05, 4.69) is 26.1 Å². The van der Waals surface area contributed by atoms with E-state index in [9.17, 15) is 19.2 Å². The van der Waals surface area contributed by atoms with Gasteiger partial charge in [-0.2, -0.15) is 0 Å². The molecule has 1 saturated carbocycles. The van der Waals surface area contributed by atoms with Gasteiger partial charge in [0.05, 0.1) is 23.3 Å². The first-order valence-corrected chi connectivity index (χ1v) is 12.7. The van der Waals surface area contributed by atoms with Gasteiger partial charge in [0, 0.05) is 5.69 Å². The van der Waals surface area contributed by atoms with Gasteiger partial charge < -0.3 is 19.5 Å². The van der Waals surface area contributed by atoms with Crippen LogP contribution < -0.4 is 5.32 Å². The molecule has 2 aromatic carbocycles. The molecule has 3 rings (SSSR count). The maximum absolute atomic E-state index is 13.1. The minimum absolute atomic E-state index is 0.0454. The lowest BCUT2D eigenvalue weighted by Crippen LogP contribution is -2.36. The van der Waals surface area contributed by atoms with Crippen molar-refractivity contribution in [3.8, 4) is 0 Å². The molecule has 0 unspecified atom stereocenters. The third-order valence-corrected chi connectivity index (χ3v) is 6.60. The average Bonchev–Trinajstić information content (AvgIpc) is 2.87. The molecule has 1 fully saturated rings. The second kappa shape index (κ2) is 13.0. The first kappa shape index (κ1) is 27.9. The van der Waals surface area contributed by atoms with Crippen molar-refractivity contribution in [2.45, 2.75) is 53.1 Å². The van der Waals surface area contributed by atoms with Gasteiger partial charge in [-0.3, -0.25) is 4.79 Å². The van der Waals surface area contributed by atoms with Gasteiger partial charge in [0.15, 0.2) is 6.61 Å². The summed E-state index contributed by atoms with van der Waals surface area (Å²) in [6, 6.07) is 12.4. The van der Waals surface area contributed by atoms with Gasteiger partial charge in [-0.15, -0.1) is 0 Å². The minimum Gasteiger partial charge on any atom is -0.462 e. The quantitative estimate of drug-likeness (QED) is 0.362. The van der Waals surface area contributed by atoms with Crippen LogP contribution in [0, 0.1) is 17.8 Å². The summed E-state index contributed by atoms with van der Waals surface area (Å²) in [5, 5.41) is 2.60. The first-order valence-electron chi connectivity index (χ1n) is 12.7. The Morgan fingerprint density at radius 3 is 2.16 bits per heavy atom. The van der Waals surface area contributed by atoms with Gasteiger partial charge in [0.25, 0.3) is 5.91 Å². The number of hydrogen-bond donors (Lipinski definition) is 1. The van der Waals surface area contributed by atoms with Crippen LogP contribution in [-0.2, 0) is 19.0 Å². The second-order valence-electron chi connectivity index (χ2n) is 9.74. The van der Waals surface area contributed by atoms with Crippen molar-refractivity contribution in [1.29, 1.82) is 0 Å². The number of amides is 1. The van der Waals surface area contributed by atoms with Crippen LogP contribution in [0.4, 0.5) is 5.69 Å². The standard InChI is InChI=1S/C29H35NO7/c1-5-35-27(32)20-11-13-21(14-12-20)30-26(31)17-36-28(33)23-8-6-7-9-24(23)29(34)37-25-16-19(4)10-15-22(25)18(2)3/h6-9,11-14,18-19,22,25H,5,10,15-17H2,1-4H3,(H,30,31)/t19-,22+,25+/m0/s1. The lowest BCUT2D eigenvalue weighted by Gasteiger charge is -2.36. The monoisotopic (exact) mass is 509 g/mol. The molecule has 198 valence electrons. The average molecular weight is 510 g/mol. The molecule has 1 amide bonds. The lowest BCUT2D eigenvalue weighted by molar-refractivity contribution is -0.119. The number of ether oxygens (including phenoxy) is 3. The summed E-state index contributed by atoms with van der Waals surface area (Å²) < 4.78 is 16.0. The Bertz CT molecular complexity index is 1110. The Morgan fingerprint density at radius 2 is 1.54 bits per heavy atom. The maximum atomic E-state index is 13.1. The topological polar surface area (TPSA) is 108 Å². The number of anilines is 1. The van der Waals surface area contributed by atoms with E-state index in [-0.39, 0.29) is 29.8 Å². The molecule has 8 heteroatoms. The van der Waals surface area contributed by atoms with E-state index in [1.54, 1.807) is 31.2 Å². The zero-order valence-electron chi connectivity index (χ0n) is 21.8. The third kappa shape index (κ3) is 7.65. The molecule has 8 nitrogen and oxygen atoms in total. The van der Waals surface area contributed by atoms with Crippen LogP contribution in [0.5, 0.6) is 0 Å². The molecular weight excluding hydrogens is 474 g/mol. The summed E-state index contributed by atoms with van der Waals surface area (Å²) in [7, 11) is 0. The van der Waals surface area contributed by atoms with Crippen molar-refractivity contribution in [2.75, 3.05) is 18.5 Å². The molecule has 0 spiro atoms. The molecule has 1 aliphatic carbocycles. The summed E-state index contributed by atoms with van der Waals surface area (Å²) in [5.74, 6) is -1.26. The Labute approximate surface area is 217 Å². The predicted octanol–water partition coefficient (Wildman–Crippen LogP) is 5.28. The van der Waals surface area contributed by atoms with Gasteiger partial charge in [0.2, 0.25) is 0 Å². The Kier molecular flexibility index (Phi) is 9.83. The normalized spacial score (nSPS) is 19.1. The van der Waals surface area contributed by atoms with Crippen molar-refractivity contribution in [3.05, 3.63) is 65.2 Å². The number of rotatable bonds is 9. The SMILES string of the molecule is CCOC(=O)c1ccc(NC(=O)COC(=O)c2ccccc2C(=O)O[C@@H]2C[C@@H](C)CC[C@@H]2C(C)C)cc1. The van der Waals surface area contributed by atoms with Crippen LogP contribution in [0.2, 0.25) is 0 Å². The fraction of sp³-hybridized carbons (Fsp3) is 0.448. The number of nitrogens with one attached hydrogen (secondary N) is 1. The molecule has 1 aliphatic rings. The van der Waals surface area contributed by atoms with Crippen LogP contribution in [0.3, 0.4) is 0 Å². The predicted molar refractivity (Wildman–Crippen MR) is 138 cm³/mol. The molecule has 37 heavy (non-hydrogen) atoms. The van der Waals surface area contributed by atoms with Crippen molar-refractivity contribution in [3.63, 3.8) is 0 Å². The fourth-order valence-corrected chi connectivity index (χ4v) is 4.60. The highest BCUT2D eigenvalue weighted by Gasteiger charge is 2.34. The molecule has 0 radical (unpaired) electrons. The summed E-state index contributed by atoms with van der Waals surface area (Å²) in [5.41, 5.74) is 0.948. The van der Waals surface area contributed by atoms with Crippen LogP contribution in [-0.4, -0.2) is 43.1 Å². The van der Waals surface area contributed by atoms with Gasteiger partial charge in [-0.05, 0) is 73.9 Å². The summed E-state index contributed by atoms with van der Waals surface area (Å²) in [6.07, 6.45) is 2.70. The highest BCUT2D eigenvalue weighted by atomic mass is 16.5. The van der Waals surface area contributed by atoms with E-state index in [0.717, 1.165) is 19.3 Å². The van der Waals surface area contributed by atoms with E-state index in [1.165, 1.54) is 24.3 Å². The molecule has 0 saturated heterocycles. The lowest BCUT2D eigenvalue weighted by atomic mass is 9.75. The second-order valence-corrected chi connectivity index (χ2v) is 9.74. The summed E-state index contributed by atoms with van der Waals surface area (Å²) in [6.45, 7) is 7.86. The van der Waals surface area contributed by atoms with E-state index in [4.69, 9.17) is 14.2 Å². The van der Waals surface area contributed by atoms with Crippen LogP contribution >= 0.6 is 0 Å². The van der Waals surface area contributed by atoms with Gasteiger partial charge in [0.1, 0.15) is 6.10 Å². The highest BCUT2D eigenvalue weighted by Crippen LogP contribution is 2.35. The van der Waals surface area contributed by atoms with E-state index >= 15 is 0 Å². The van der Waals surface area contributed by atoms with Crippen LogP contribution in [0.1, 0.15) is 78.0 Å². The summed E-state index contributed by atoms with van der Waals surface area (Å²) in [4.78, 5) is 49.9. The molecular formula is C29H35NO7. The smallest absolute Gasteiger partial charge is 0.339 e. The summed E-state index contributed by atoms with van der Waals surface area (Å²) >= 11 is 0. The van der Waals surface area contributed by atoms with Crippen molar-refractivity contribution < 1.29 is 33.4 Å². The molecule has 0 aromatic heterocycles. The van der Waals surface area contributed by atoms with Crippen LogP contribution in [0.25, 0.3) is 0 Å². The largest absolute Gasteiger partial charge is 0.462 e. The number of carbonyl (C=O) groups is 4. The van der Waals surface area contributed by atoms with Gasteiger partial charge in [-0.25, -0.2) is 14.4 Å². The number of carbonyl (C=O) groups excluding carboxylic acids is 4. The van der Waals surface area contributed by atoms with Crippen molar-refractivity contribution >= 4 is 29.5 Å². The fourth-order valence-electron chi connectivity index (χ4n) is 4.60. The Balaban J connectivity index is 1.59. The van der Waals surface area contributed by atoms with E-state index in [1.807, 2.05) is 0 Å². The van der Waals surface area contributed by atoms with E-state index in [0.29, 0.717) is 23.1 Å². The zero-order chi connectivity index (χ0) is 26.9. The van der Waals surface area contributed by atoms with Crippen molar-refractivity contribution in [1.82, 2.24) is 0 Å². The van der Waals surface area contributed by atoms with Crippen LogP contribution in [0.15, 0.2) is 48.5 Å². The third-order valence-electron chi connectivity index (χ3n) is 6.60. The minimum atomic E-state index is -0.794. The first-order chi connectivity index (χ1) is 17.7. The molecule has 2 aromatic rings. The van der Waals surface area contributed by atoms with Gasteiger partial charge >= 0.3 is 17.9 Å². The van der Waals surface area contributed by atoms with Gasteiger partial charge in [-0.1, -0.05) is 39.3 Å². The molecule has 0 aliphatic heterocycles.